The third-order valence-corrected chi connectivity index (χ3v) is 4.32. The molecular formula is C18H21FN2O3. The molecule has 1 aromatic carbocycles. The third-order valence-electron chi connectivity index (χ3n) is 4.32. The minimum atomic E-state index is -0.549. The van der Waals surface area contributed by atoms with Crippen molar-refractivity contribution in [2.24, 2.45) is 0 Å². The average Bonchev–Trinajstić information content (AvgIpc) is 3.29. The van der Waals surface area contributed by atoms with E-state index in [2.05, 4.69) is 10.2 Å². The van der Waals surface area contributed by atoms with E-state index in [0.717, 1.165) is 31.7 Å². The largest absolute Gasteiger partial charge is 0.494 e. The highest BCUT2D eigenvalue weighted by Crippen LogP contribution is 2.25. The summed E-state index contributed by atoms with van der Waals surface area (Å²) in [5.41, 5.74) is 0.271. The highest BCUT2D eigenvalue weighted by atomic mass is 19.1. The van der Waals surface area contributed by atoms with Crippen molar-refractivity contribution in [1.82, 2.24) is 10.2 Å². The number of carbonyl (C=O) groups is 1. The number of nitrogens with one attached hydrogen (secondary N) is 1. The highest BCUT2D eigenvalue weighted by molar-refractivity contribution is 5.94. The number of hydrogen-bond donors (Lipinski definition) is 1. The number of methoxy groups -OCH3 is 1. The van der Waals surface area contributed by atoms with Crippen molar-refractivity contribution in [3.63, 3.8) is 0 Å². The van der Waals surface area contributed by atoms with Crippen LogP contribution in [-0.2, 0) is 0 Å². The van der Waals surface area contributed by atoms with Gasteiger partial charge in [0.05, 0.1) is 19.4 Å². The van der Waals surface area contributed by atoms with E-state index in [4.69, 9.17) is 9.15 Å². The summed E-state index contributed by atoms with van der Waals surface area (Å²) in [5, 5.41) is 2.88. The maximum absolute atomic E-state index is 13.8. The Morgan fingerprint density at radius 2 is 2.17 bits per heavy atom. The summed E-state index contributed by atoms with van der Waals surface area (Å²) in [6.45, 7) is 2.39. The summed E-state index contributed by atoms with van der Waals surface area (Å²) in [6.07, 6.45) is 3.93. The number of furan rings is 1. The van der Waals surface area contributed by atoms with Crippen molar-refractivity contribution >= 4 is 5.91 Å². The van der Waals surface area contributed by atoms with Crippen LogP contribution in [0.1, 0.15) is 35.0 Å². The van der Waals surface area contributed by atoms with Gasteiger partial charge < -0.3 is 14.5 Å². The fraction of sp³-hybridized carbons (Fsp3) is 0.389. The van der Waals surface area contributed by atoms with Crippen molar-refractivity contribution < 1.29 is 18.3 Å². The van der Waals surface area contributed by atoms with Crippen molar-refractivity contribution in [1.29, 1.82) is 0 Å². The normalized spacial score (nSPS) is 16.1. The molecule has 128 valence electrons. The number of benzene rings is 1. The van der Waals surface area contributed by atoms with Gasteiger partial charge in [-0.2, -0.15) is 0 Å². The molecule has 1 atom stereocenters. The molecule has 1 N–H and O–H groups in total. The molecule has 1 aromatic heterocycles. The van der Waals surface area contributed by atoms with Crippen LogP contribution in [0.2, 0.25) is 0 Å². The molecule has 1 aliphatic rings. The number of halogens is 1. The third kappa shape index (κ3) is 3.59. The van der Waals surface area contributed by atoms with Gasteiger partial charge in [0.15, 0.2) is 11.6 Å². The van der Waals surface area contributed by atoms with Gasteiger partial charge in [0, 0.05) is 12.1 Å². The molecule has 3 rings (SSSR count). The number of rotatable bonds is 6. The first-order chi connectivity index (χ1) is 11.7. The zero-order chi connectivity index (χ0) is 16.9. The van der Waals surface area contributed by atoms with Crippen LogP contribution < -0.4 is 10.1 Å². The summed E-state index contributed by atoms with van der Waals surface area (Å²) in [6, 6.07) is 7.95. The average molecular weight is 332 g/mol. The van der Waals surface area contributed by atoms with E-state index in [9.17, 15) is 9.18 Å². The predicted octanol–water partition coefficient (Wildman–Crippen LogP) is 2.99. The van der Waals surface area contributed by atoms with Crippen LogP contribution in [0.15, 0.2) is 41.0 Å². The lowest BCUT2D eigenvalue weighted by molar-refractivity contribution is 0.0933. The standard InChI is InChI=1S/C18H21FN2O3/c1-23-16-7-6-13(11-14(16)19)18(22)20-12-15(17-5-4-10-24-17)21-8-2-3-9-21/h4-7,10-11,15H,2-3,8-9,12H2,1H3,(H,20,22)/t15-/m0/s1. The summed E-state index contributed by atoms with van der Waals surface area (Å²) in [7, 11) is 1.39. The fourth-order valence-corrected chi connectivity index (χ4v) is 3.04. The molecule has 0 unspecified atom stereocenters. The molecule has 0 spiro atoms. The Morgan fingerprint density at radius 1 is 1.38 bits per heavy atom. The Balaban J connectivity index is 1.67. The SMILES string of the molecule is COc1ccc(C(=O)NC[C@@H](c2ccco2)N2CCCC2)cc1F. The zero-order valence-electron chi connectivity index (χ0n) is 13.6. The maximum atomic E-state index is 13.8. The second-order valence-electron chi connectivity index (χ2n) is 5.83. The second-order valence-corrected chi connectivity index (χ2v) is 5.83. The molecule has 6 heteroatoms. The molecule has 2 heterocycles. The van der Waals surface area contributed by atoms with Crippen molar-refractivity contribution in [2.45, 2.75) is 18.9 Å². The molecule has 1 fully saturated rings. The molecule has 0 bridgehead atoms. The smallest absolute Gasteiger partial charge is 0.251 e. The van der Waals surface area contributed by atoms with Gasteiger partial charge in [0.2, 0.25) is 0 Å². The van der Waals surface area contributed by atoms with E-state index < -0.39 is 5.82 Å². The number of amides is 1. The minimum Gasteiger partial charge on any atom is -0.494 e. The van der Waals surface area contributed by atoms with Crippen molar-refractivity contribution in [3.05, 3.63) is 53.7 Å². The van der Waals surface area contributed by atoms with Gasteiger partial charge in [-0.3, -0.25) is 9.69 Å². The van der Waals surface area contributed by atoms with E-state index in [1.807, 2.05) is 12.1 Å². The summed E-state index contributed by atoms with van der Waals surface area (Å²) in [5.74, 6) is 0.0924. The number of hydrogen-bond acceptors (Lipinski definition) is 4. The summed E-state index contributed by atoms with van der Waals surface area (Å²) < 4.78 is 24.1. The van der Waals surface area contributed by atoms with Gasteiger partial charge in [-0.1, -0.05) is 0 Å². The van der Waals surface area contributed by atoms with E-state index in [1.165, 1.54) is 19.2 Å². The minimum absolute atomic E-state index is 0.00505. The zero-order valence-corrected chi connectivity index (χ0v) is 13.6. The van der Waals surface area contributed by atoms with Crippen LogP contribution in [0.4, 0.5) is 4.39 Å². The Labute approximate surface area is 140 Å². The number of ether oxygens (including phenoxy) is 1. The summed E-state index contributed by atoms with van der Waals surface area (Å²) in [4.78, 5) is 14.6. The van der Waals surface area contributed by atoms with E-state index >= 15 is 0 Å². The van der Waals surface area contributed by atoms with E-state index in [-0.39, 0.29) is 23.3 Å². The number of carbonyl (C=O) groups excluding carboxylic acids is 1. The quantitative estimate of drug-likeness (QED) is 0.883. The lowest BCUT2D eigenvalue weighted by atomic mass is 10.1. The van der Waals surface area contributed by atoms with Crippen LogP contribution in [0.25, 0.3) is 0 Å². The molecule has 1 aliphatic heterocycles. The van der Waals surface area contributed by atoms with Gasteiger partial charge in [-0.25, -0.2) is 4.39 Å². The van der Waals surface area contributed by atoms with Gasteiger partial charge >= 0.3 is 0 Å². The van der Waals surface area contributed by atoms with Crippen LogP contribution >= 0.6 is 0 Å². The predicted molar refractivity (Wildman–Crippen MR) is 87.5 cm³/mol. The van der Waals surface area contributed by atoms with Crippen LogP contribution in [0.3, 0.4) is 0 Å². The van der Waals surface area contributed by atoms with Crippen LogP contribution in [-0.4, -0.2) is 37.6 Å². The molecule has 0 saturated carbocycles. The van der Waals surface area contributed by atoms with E-state index in [1.54, 1.807) is 12.3 Å². The highest BCUT2D eigenvalue weighted by Gasteiger charge is 2.26. The first-order valence-corrected chi connectivity index (χ1v) is 8.08. The maximum Gasteiger partial charge on any atom is 0.251 e. The fourth-order valence-electron chi connectivity index (χ4n) is 3.04. The van der Waals surface area contributed by atoms with Gasteiger partial charge in [-0.05, 0) is 56.3 Å². The van der Waals surface area contributed by atoms with Gasteiger partial charge in [0.1, 0.15) is 5.76 Å². The Morgan fingerprint density at radius 3 is 2.79 bits per heavy atom. The van der Waals surface area contributed by atoms with Crippen molar-refractivity contribution in [3.8, 4) is 5.75 Å². The molecular weight excluding hydrogens is 311 g/mol. The molecule has 5 nitrogen and oxygen atoms in total. The van der Waals surface area contributed by atoms with Crippen LogP contribution in [0, 0.1) is 5.82 Å². The summed E-state index contributed by atoms with van der Waals surface area (Å²) >= 11 is 0. The molecule has 24 heavy (non-hydrogen) atoms. The number of nitrogens with zero attached hydrogens (tertiary/aromatic N) is 1. The Bertz CT molecular complexity index is 682. The monoisotopic (exact) mass is 332 g/mol. The topological polar surface area (TPSA) is 54.7 Å². The molecule has 1 saturated heterocycles. The molecule has 0 radical (unpaired) electrons. The molecule has 1 amide bonds. The lowest BCUT2D eigenvalue weighted by Gasteiger charge is -2.26. The molecule has 0 aliphatic carbocycles. The van der Waals surface area contributed by atoms with Gasteiger partial charge in [-0.15, -0.1) is 0 Å². The van der Waals surface area contributed by atoms with Crippen molar-refractivity contribution in [2.75, 3.05) is 26.7 Å². The lowest BCUT2D eigenvalue weighted by Crippen LogP contribution is -2.36. The Hall–Kier alpha value is -2.34. The van der Waals surface area contributed by atoms with Crippen LogP contribution in [0.5, 0.6) is 5.75 Å². The second kappa shape index (κ2) is 7.49. The number of likely N-dealkylation sites (tertiary alicyclic amines) is 1. The first-order valence-electron chi connectivity index (χ1n) is 8.08. The molecule has 2 aromatic rings. The Kier molecular flexibility index (Phi) is 5.15. The first kappa shape index (κ1) is 16.5. The van der Waals surface area contributed by atoms with Gasteiger partial charge in [0.25, 0.3) is 5.91 Å². The van der Waals surface area contributed by atoms with E-state index in [0.29, 0.717) is 6.54 Å².